The van der Waals surface area contributed by atoms with E-state index in [0.29, 0.717) is 10.4 Å². The Morgan fingerprint density at radius 2 is 0.824 bits per heavy atom. The van der Waals surface area contributed by atoms with Crippen molar-refractivity contribution in [2.24, 2.45) is 0 Å². The van der Waals surface area contributed by atoms with Crippen molar-refractivity contribution < 1.29 is 49.1 Å². The SMILES string of the molecule is O=C(O)c1ccc(OC=c2ccc(=COc3ccc(C(=O)O)c(C(=O)O)c3)cc2)cc1C(=O)O. The predicted octanol–water partition coefficient (Wildman–Crippen LogP) is 2.11. The van der Waals surface area contributed by atoms with Gasteiger partial charge in [-0.05, 0) is 36.4 Å². The lowest BCUT2D eigenvalue weighted by Crippen LogP contribution is -2.10. The van der Waals surface area contributed by atoms with Crippen LogP contribution < -0.4 is 19.9 Å². The summed E-state index contributed by atoms with van der Waals surface area (Å²) in [5, 5.41) is 37.7. The van der Waals surface area contributed by atoms with Gasteiger partial charge in [0.1, 0.15) is 11.5 Å². The molecule has 0 atom stereocenters. The molecule has 0 aliphatic rings. The van der Waals surface area contributed by atoms with Gasteiger partial charge >= 0.3 is 23.9 Å². The average Bonchev–Trinajstić information content (AvgIpc) is 2.81. The Morgan fingerprint density at radius 1 is 0.500 bits per heavy atom. The Morgan fingerprint density at radius 3 is 1.12 bits per heavy atom. The van der Waals surface area contributed by atoms with E-state index in [1.807, 2.05) is 0 Å². The van der Waals surface area contributed by atoms with E-state index in [2.05, 4.69) is 0 Å². The van der Waals surface area contributed by atoms with Crippen LogP contribution >= 0.6 is 0 Å². The fourth-order valence-corrected chi connectivity index (χ4v) is 2.85. The van der Waals surface area contributed by atoms with Gasteiger partial charge in [0.25, 0.3) is 0 Å². The summed E-state index contributed by atoms with van der Waals surface area (Å²) in [7, 11) is 0. The summed E-state index contributed by atoms with van der Waals surface area (Å²) in [6, 6.07) is 13.8. The summed E-state index contributed by atoms with van der Waals surface area (Å²) in [4.78, 5) is 44.7. The van der Waals surface area contributed by atoms with Crippen LogP contribution in [0.15, 0.2) is 60.7 Å². The number of carboxylic acids is 4. The van der Waals surface area contributed by atoms with Gasteiger partial charge in [0, 0.05) is 10.4 Å². The van der Waals surface area contributed by atoms with Gasteiger partial charge in [-0.3, -0.25) is 0 Å². The number of carboxylic acid groups (broad SMARTS) is 4. The molecule has 0 heterocycles. The lowest BCUT2D eigenvalue weighted by atomic mass is 10.1. The third kappa shape index (κ3) is 5.56. The minimum Gasteiger partial charge on any atom is -0.478 e. The molecule has 172 valence electrons. The number of aromatic carboxylic acids is 4. The van der Waals surface area contributed by atoms with Crippen molar-refractivity contribution >= 4 is 36.4 Å². The molecule has 3 rings (SSSR count). The minimum atomic E-state index is -1.39. The fourth-order valence-electron chi connectivity index (χ4n) is 2.85. The average molecular weight is 464 g/mol. The summed E-state index contributed by atoms with van der Waals surface area (Å²) in [6.07, 6.45) is 2.69. The molecule has 3 aromatic rings. The lowest BCUT2D eigenvalue weighted by Gasteiger charge is -2.05. The molecule has 0 amide bonds. The standard InChI is InChI=1S/C24H16O10/c25-21(26)17-7-5-15(9-19(17)23(29)30)33-11-13-1-2-14(4-3-13)12-34-16-6-8-18(22(27)28)20(10-16)24(31)32/h1-12H,(H,25,26)(H,27,28)(H,29,30)(H,31,32). The molecule has 0 aliphatic heterocycles. The van der Waals surface area contributed by atoms with E-state index in [1.165, 1.54) is 24.7 Å². The number of benzene rings is 3. The van der Waals surface area contributed by atoms with Crippen molar-refractivity contribution in [2.45, 2.75) is 0 Å². The molecule has 0 saturated carbocycles. The summed E-state index contributed by atoms with van der Waals surface area (Å²) >= 11 is 0. The largest absolute Gasteiger partial charge is 0.478 e. The molecule has 0 bridgehead atoms. The van der Waals surface area contributed by atoms with Crippen molar-refractivity contribution in [2.75, 3.05) is 0 Å². The van der Waals surface area contributed by atoms with Crippen molar-refractivity contribution in [1.82, 2.24) is 0 Å². The van der Waals surface area contributed by atoms with Crippen LogP contribution in [0.5, 0.6) is 11.5 Å². The molecule has 0 radical (unpaired) electrons. The highest BCUT2D eigenvalue weighted by molar-refractivity contribution is 6.02. The Balaban J connectivity index is 1.77. The van der Waals surface area contributed by atoms with E-state index in [-0.39, 0.29) is 22.6 Å². The number of carbonyl (C=O) groups is 4. The maximum Gasteiger partial charge on any atom is 0.336 e. The van der Waals surface area contributed by atoms with E-state index < -0.39 is 35.0 Å². The summed E-state index contributed by atoms with van der Waals surface area (Å²) < 4.78 is 10.9. The molecule has 10 heteroatoms. The second kappa shape index (κ2) is 10.0. The quantitative estimate of drug-likeness (QED) is 0.387. The summed E-state index contributed by atoms with van der Waals surface area (Å²) in [5.41, 5.74) is -1.51. The van der Waals surface area contributed by atoms with Crippen molar-refractivity contribution in [3.63, 3.8) is 0 Å². The van der Waals surface area contributed by atoms with Crippen molar-refractivity contribution in [3.05, 3.63) is 93.4 Å². The van der Waals surface area contributed by atoms with Gasteiger partial charge in [0.05, 0.1) is 34.8 Å². The molecule has 10 nitrogen and oxygen atoms in total. The Hall–Kier alpha value is -5.12. The summed E-state index contributed by atoms with van der Waals surface area (Å²) in [5.74, 6) is -5.23. The molecule has 0 aliphatic carbocycles. The van der Waals surface area contributed by atoms with Gasteiger partial charge < -0.3 is 29.9 Å². The maximum absolute atomic E-state index is 11.3. The summed E-state index contributed by atoms with van der Waals surface area (Å²) in [6.45, 7) is 0. The van der Waals surface area contributed by atoms with Gasteiger partial charge in [-0.2, -0.15) is 0 Å². The Bertz CT molecular complexity index is 1290. The van der Waals surface area contributed by atoms with Crippen LogP contribution in [0.3, 0.4) is 0 Å². The van der Waals surface area contributed by atoms with Gasteiger partial charge in [-0.25, -0.2) is 19.2 Å². The molecular weight excluding hydrogens is 448 g/mol. The molecule has 4 N–H and O–H groups in total. The Kier molecular flexibility index (Phi) is 6.92. The van der Waals surface area contributed by atoms with E-state index in [4.69, 9.17) is 29.9 Å². The highest BCUT2D eigenvalue weighted by Gasteiger charge is 2.17. The molecule has 34 heavy (non-hydrogen) atoms. The number of ether oxygens (including phenoxy) is 2. The first-order valence-electron chi connectivity index (χ1n) is 9.47. The van der Waals surface area contributed by atoms with Crippen LogP contribution in [-0.2, 0) is 0 Å². The molecule has 3 aromatic carbocycles. The van der Waals surface area contributed by atoms with Gasteiger partial charge in [-0.15, -0.1) is 0 Å². The van der Waals surface area contributed by atoms with Crippen LogP contribution in [0.25, 0.3) is 12.5 Å². The predicted molar refractivity (Wildman–Crippen MR) is 117 cm³/mol. The number of hydrogen-bond donors (Lipinski definition) is 4. The van der Waals surface area contributed by atoms with Crippen molar-refractivity contribution in [1.29, 1.82) is 0 Å². The van der Waals surface area contributed by atoms with Crippen molar-refractivity contribution in [3.8, 4) is 11.5 Å². The van der Waals surface area contributed by atoms with Crippen LogP contribution in [0.4, 0.5) is 0 Å². The van der Waals surface area contributed by atoms with E-state index in [1.54, 1.807) is 24.3 Å². The van der Waals surface area contributed by atoms with E-state index in [9.17, 15) is 19.2 Å². The molecule has 0 saturated heterocycles. The van der Waals surface area contributed by atoms with Crippen LogP contribution in [0, 0.1) is 0 Å². The van der Waals surface area contributed by atoms with Gasteiger partial charge in [0.2, 0.25) is 0 Å². The second-order valence-corrected chi connectivity index (χ2v) is 6.77. The highest BCUT2D eigenvalue weighted by Crippen LogP contribution is 2.19. The van der Waals surface area contributed by atoms with Crippen LogP contribution in [-0.4, -0.2) is 44.3 Å². The smallest absolute Gasteiger partial charge is 0.336 e. The van der Waals surface area contributed by atoms with E-state index in [0.717, 1.165) is 24.3 Å². The first kappa shape index (κ1) is 23.5. The van der Waals surface area contributed by atoms with Crippen LogP contribution in [0.1, 0.15) is 41.4 Å². The lowest BCUT2D eigenvalue weighted by molar-refractivity contribution is 0.0651. The Labute approximate surface area is 190 Å². The van der Waals surface area contributed by atoms with E-state index >= 15 is 0 Å². The molecular formula is C24H16O10. The zero-order valence-corrected chi connectivity index (χ0v) is 17.2. The molecule has 0 spiro atoms. The number of rotatable bonds is 8. The van der Waals surface area contributed by atoms with Crippen LogP contribution in [0.2, 0.25) is 0 Å². The molecule has 0 unspecified atom stereocenters. The minimum absolute atomic E-state index is 0.139. The van der Waals surface area contributed by atoms with Gasteiger partial charge in [-0.1, -0.05) is 24.3 Å². The maximum atomic E-state index is 11.3. The molecule has 0 aromatic heterocycles. The first-order chi connectivity index (χ1) is 16.2. The third-order valence-electron chi connectivity index (χ3n) is 4.50. The number of hydrogen-bond acceptors (Lipinski definition) is 6. The highest BCUT2D eigenvalue weighted by atomic mass is 16.5. The topological polar surface area (TPSA) is 168 Å². The zero-order chi connectivity index (χ0) is 24.8. The monoisotopic (exact) mass is 464 g/mol. The molecule has 0 fully saturated rings. The normalized spacial score (nSPS) is 10.1. The van der Waals surface area contributed by atoms with Gasteiger partial charge in [0.15, 0.2) is 0 Å². The second-order valence-electron chi connectivity index (χ2n) is 6.77. The fraction of sp³-hybridized carbons (Fsp3) is 0. The first-order valence-corrected chi connectivity index (χ1v) is 9.47. The third-order valence-corrected chi connectivity index (χ3v) is 4.50. The zero-order valence-electron chi connectivity index (χ0n) is 17.2.